The van der Waals surface area contributed by atoms with Crippen molar-refractivity contribution in [3.05, 3.63) is 59.2 Å². The lowest BCUT2D eigenvalue weighted by Crippen LogP contribution is -2.07. The third kappa shape index (κ3) is 2.81. The number of ether oxygens (including phenoxy) is 1. The Morgan fingerprint density at radius 3 is 2.86 bits per heavy atom. The Hall–Kier alpha value is -2.75. The number of phenolic OH excluding ortho intramolecular Hbond substituents is 1. The molecule has 0 aromatic heterocycles. The van der Waals surface area contributed by atoms with Gasteiger partial charge in [-0.15, -0.1) is 0 Å². The van der Waals surface area contributed by atoms with E-state index >= 15 is 0 Å². The predicted molar refractivity (Wildman–Crippen MR) is 86.5 cm³/mol. The van der Waals surface area contributed by atoms with Crippen molar-refractivity contribution in [2.24, 2.45) is 0 Å². The van der Waals surface area contributed by atoms with Gasteiger partial charge in [-0.25, -0.2) is 0 Å². The molecule has 0 fully saturated rings. The van der Waals surface area contributed by atoms with Gasteiger partial charge >= 0.3 is 0 Å². The smallest absolute Gasteiger partial charge is 0.189 e. The largest absolute Gasteiger partial charge is 0.508 e. The molecule has 1 heterocycles. The maximum atomic E-state index is 12.6. The molecule has 4 heteroatoms. The molecule has 4 nitrogen and oxygen atoms in total. The molecule has 2 aromatic carbocycles. The van der Waals surface area contributed by atoms with Crippen molar-refractivity contribution < 1.29 is 14.6 Å². The molecule has 2 N–H and O–H groups in total. The molecule has 0 bridgehead atoms. The van der Waals surface area contributed by atoms with E-state index in [0.717, 1.165) is 17.0 Å². The summed E-state index contributed by atoms with van der Waals surface area (Å²) in [6.07, 6.45) is 2.52. The highest BCUT2D eigenvalue weighted by Crippen LogP contribution is 2.29. The fraction of sp³-hybridized carbons (Fsp3) is 0.167. The topological polar surface area (TPSA) is 58.6 Å². The van der Waals surface area contributed by atoms with Gasteiger partial charge in [-0.2, -0.15) is 0 Å². The minimum Gasteiger partial charge on any atom is -0.508 e. The lowest BCUT2D eigenvalue weighted by molar-refractivity contribution is 0.103. The summed E-state index contributed by atoms with van der Waals surface area (Å²) in [7, 11) is 1.62. The zero-order valence-electron chi connectivity index (χ0n) is 12.3. The molecule has 0 unspecified atom stereocenters. The summed E-state index contributed by atoms with van der Waals surface area (Å²) in [5, 5.41) is 12.9. The van der Waals surface area contributed by atoms with E-state index in [1.54, 1.807) is 25.3 Å². The van der Waals surface area contributed by atoms with Crippen LogP contribution in [0.15, 0.2) is 48.0 Å². The third-order valence-corrected chi connectivity index (χ3v) is 3.70. The molecule has 0 amide bonds. The van der Waals surface area contributed by atoms with Gasteiger partial charge in [0.2, 0.25) is 0 Å². The summed E-state index contributed by atoms with van der Waals surface area (Å²) in [5.41, 5.74) is 3.13. The molecule has 22 heavy (non-hydrogen) atoms. The number of hydrogen-bond donors (Lipinski definition) is 2. The lowest BCUT2D eigenvalue weighted by Gasteiger charge is -2.07. The van der Waals surface area contributed by atoms with Crippen LogP contribution in [0.5, 0.6) is 11.5 Å². The van der Waals surface area contributed by atoms with Crippen molar-refractivity contribution in [3.63, 3.8) is 0 Å². The molecule has 0 radical (unpaired) electrons. The van der Waals surface area contributed by atoms with Crippen molar-refractivity contribution in [2.45, 2.75) is 6.42 Å². The molecule has 0 aliphatic carbocycles. The number of Topliss-reactive ketones (excluding diaryl/α,β-unsaturated/α-hetero) is 1. The lowest BCUT2D eigenvalue weighted by atomic mass is 9.99. The van der Waals surface area contributed by atoms with Gasteiger partial charge in [-0.05, 0) is 42.8 Å². The Bertz CT molecular complexity index is 750. The number of anilines is 1. The average Bonchev–Trinajstić information content (AvgIpc) is 2.75. The minimum atomic E-state index is -0.0617. The van der Waals surface area contributed by atoms with E-state index in [9.17, 15) is 9.90 Å². The first-order valence-corrected chi connectivity index (χ1v) is 7.13. The van der Waals surface area contributed by atoms with Gasteiger partial charge in [0.05, 0.1) is 7.11 Å². The number of aromatic hydroxyl groups is 1. The number of carbonyl (C=O) groups excluding carboxylic acids is 1. The number of nitrogens with one attached hydrogen (secondary N) is 1. The molecule has 0 spiro atoms. The van der Waals surface area contributed by atoms with Crippen molar-refractivity contribution in [3.8, 4) is 11.5 Å². The number of rotatable bonds is 3. The summed E-state index contributed by atoms with van der Waals surface area (Å²) >= 11 is 0. The molecule has 112 valence electrons. The minimum absolute atomic E-state index is 0.0617. The van der Waals surface area contributed by atoms with Crippen LogP contribution in [0, 0.1) is 0 Å². The molecule has 2 aromatic rings. The van der Waals surface area contributed by atoms with Gasteiger partial charge < -0.3 is 15.2 Å². The summed E-state index contributed by atoms with van der Waals surface area (Å²) in [6.45, 7) is 0.690. The number of fused-ring (bicyclic) bond motifs is 1. The third-order valence-electron chi connectivity index (χ3n) is 3.70. The molecule has 1 aliphatic heterocycles. The van der Waals surface area contributed by atoms with Crippen LogP contribution in [-0.2, 0) is 0 Å². The number of ketones is 1. The second kappa shape index (κ2) is 5.93. The zero-order valence-corrected chi connectivity index (χ0v) is 12.3. The maximum Gasteiger partial charge on any atom is 0.189 e. The van der Waals surface area contributed by atoms with E-state index in [1.165, 1.54) is 6.07 Å². The standard InChI is InChI=1S/C18H17NO3/c1-22-16-5-6-17-14(11-16)9-13(7-8-19-17)18(21)12-3-2-4-15(20)10-12/h2-6,9-11,19-20H,7-8H2,1H3. The molecular weight excluding hydrogens is 278 g/mol. The fourth-order valence-electron chi connectivity index (χ4n) is 2.55. The van der Waals surface area contributed by atoms with Crippen molar-refractivity contribution in [1.82, 2.24) is 0 Å². The second-order valence-electron chi connectivity index (χ2n) is 5.18. The first-order chi connectivity index (χ1) is 10.7. The molecule has 1 aliphatic rings. The number of benzene rings is 2. The van der Waals surface area contributed by atoms with E-state index < -0.39 is 0 Å². The van der Waals surface area contributed by atoms with Gasteiger partial charge in [0.1, 0.15) is 11.5 Å². The van der Waals surface area contributed by atoms with Crippen molar-refractivity contribution >= 4 is 17.5 Å². The fourth-order valence-corrected chi connectivity index (χ4v) is 2.55. The van der Waals surface area contributed by atoms with Crippen LogP contribution in [0.3, 0.4) is 0 Å². The van der Waals surface area contributed by atoms with Crippen molar-refractivity contribution in [2.75, 3.05) is 19.0 Å². The van der Waals surface area contributed by atoms with Gasteiger partial charge in [-0.1, -0.05) is 12.1 Å². The van der Waals surface area contributed by atoms with Gasteiger partial charge in [0.25, 0.3) is 0 Å². The van der Waals surface area contributed by atoms with E-state index in [4.69, 9.17) is 4.74 Å². The summed E-state index contributed by atoms with van der Waals surface area (Å²) < 4.78 is 5.24. The molecule has 0 atom stereocenters. The first kappa shape index (κ1) is 14.2. The highest BCUT2D eigenvalue weighted by Gasteiger charge is 2.16. The normalized spacial score (nSPS) is 13.4. The van der Waals surface area contributed by atoms with E-state index in [2.05, 4.69) is 5.32 Å². The van der Waals surface area contributed by atoms with Crippen molar-refractivity contribution in [1.29, 1.82) is 0 Å². The second-order valence-corrected chi connectivity index (χ2v) is 5.18. The Labute approximate surface area is 129 Å². The van der Waals surface area contributed by atoms with Crippen LogP contribution in [0.25, 0.3) is 6.08 Å². The summed E-state index contributed by atoms with van der Waals surface area (Å²) in [4.78, 5) is 12.6. The Morgan fingerprint density at radius 1 is 1.23 bits per heavy atom. The molecule has 3 rings (SSSR count). The van der Waals surface area contributed by atoms with Gasteiger partial charge in [0, 0.05) is 28.9 Å². The quantitative estimate of drug-likeness (QED) is 0.851. The highest BCUT2D eigenvalue weighted by atomic mass is 16.5. The number of phenols is 1. The van der Waals surface area contributed by atoms with Crippen LogP contribution < -0.4 is 10.1 Å². The molecule has 0 saturated heterocycles. The number of hydrogen-bond acceptors (Lipinski definition) is 4. The number of carbonyl (C=O) groups is 1. The number of methoxy groups -OCH3 is 1. The van der Waals surface area contributed by atoms with Gasteiger partial charge in [-0.3, -0.25) is 4.79 Å². The Morgan fingerprint density at radius 2 is 2.09 bits per heavy atom. The maximum absolute atomic E-state index is 12.6. The van der Waals surface area contributed by atoms with E-state index in [0.29, 0.717) is 24.1 Å². The highest BCUT2D eigenvalue weighted by molar-refractivity contribution is 6.12. The zero-order chi connectivity index (χ0) is 15.5. The predicted octanol–water partition coefficient (Wildman–Crippen LogP) is 3.48. The van der Waals surface area contributed by atoms with Crippen LogP contribution >= 0.6 is 0 Å². The van der Waals surface area contributed by atoms with Crippen LogP contribution in [-0.4, -0.2) is 24.5 Å². The van der Waals surface area contributed by atoms with E-state index in [-0.39, 0.29) is 11.5 Å². The molecule has 0 saturated carbocycles. The Kier molecular flexibility index (Phi) is 3.83. The van der Waals surface area contributed by atoms with Crippen LogP contribution in [0.1, 0.15) is 22.3 Å². The monoisotopic (exact) mass is 295 g/mol. The van der Waals surface area contributed by atoms with Crippen LogP contribution in [0.4, 0.5) is 5.69 Å². The summed E-state index contributed by atoms with van der Waals surface area (Å²) in [5.74, 6) is 0.788. The van der Waals surface area contributed by atoms with Gasteiger partial charge in [0.15, 0.2) is 5.78 Å². The van der Waals surface area contributed by atoms with Crippen LogP contribution in [0.2, 0.25) is 0 Å². The average molecular weight is 295 g/mol. The molecular formula is C18H17NO3. The first-order valence-electron chi connectivity index (χ1n) is 7.13. The Balaban J connectivity index is 1.99. The summed E-state index contributed by atoms with van der Waals surface area (Å²) in [6, 6.07) is 12.2. The van der Waals surface area contributed by atoms with E-state index in [1.807, 2.05) is 24.3 Å². The SMILES string of the molecule is COc1ccc2c(c1)C=C(C(=O)c1cccc(O)c1)CCN2.